The molecule has 3 amide bonds. The number of phenols is 1. The van der Waals surface area contributed by atoms with Gasteiger partial charge in [0, 0.05) is 31.7 Å². The second-order valence-corrected chi connectivity index (χ2v) is 8.77. The lowest BCUT2D eigenvalue weighted by atomic mass is 10.0. The molecule has 1 aliphatic heterocycles. The average molecular weight is 547 g/mol. The fourth-order valence-corrected chi connectivity index (χ4v) is 3.80. The summed E-state index contributed by atoms with van der Waals surface area (Å²) < 4.78 is 81.2. The topological polar surface area (TPSA) is 99.2 Å². The fraction of sp³-hybridized carbons (Fsp3) is 0.375. The Morgan fingerprint density at radius 1 is 0.947 bits per heavy atom. The van der Waals surface area contributed by atoms with Crippen LogP contribution in [0.1, 0.15) is 34.6 Å². The third kappa shape index (κ3) is 6.47. The van der Waals surface area contributed by atoms with Gasteiger partial charge in [0.2, 0.25) is 11.7 Å². The minimum absolute atomic E-state index is 0.0595. The van der Waals surface area contributed by atoms with Crippen molar-refractivity contribution in [1.29, 1.82) is 0 Å². The van der Waals surface area contributed by atoms with E-state index in [1.165, 1.54) is 21.9 Å². The minimum atomic E-state index is -4.87. The number of carbonyl (C=O) groups is 3. The van der Waals surface area contributed by atoms with E-state index >= 15 is 0 Å². The Morgan fingerprint density at radius 2 is 1.50 bits per heavy atom. The number of halogens is 6. The highest BCUT2D eigenvalue weighted by atomic mass is 19.4. The van der Waals surface area contributed by atoms with Crippen molar-refractivity contribution in [3.05, 3.63) is 58.9 Å². The van der Waals surface area contributed by atoms with E-state index in [1.54, 1.807) is 13.8 Å². The maximum atomic E-state index is 13.7. The van der Waals surface area contributed by atoms with Gasteiger partial charge in [-0.2, -0.15) is 4.39 Å². The molecule has 0 radical (unpaired) electrons. The first kappa shape index (κ1) is 28.6. The highest BCUT2D eigenvalue weighted by Gasteiger charge is 2.34. The van der Waals surface area contributed by atoms with Crippen LogP contribution >= 0.6 is 0 Å². The average Bonchev–Trinajstić information content (AvgIpc) is 2.86. The lowest BCUT2D eigenvalue weighted by Gasteiger charge is -2.37. The summed E-state index contributed by atoms with van der Waals surface area (Å²) in [4.78, 5) is 41.1. The van der Waals surface area contributed by atoms with Gasteiger partial charge in [0.15, 0.2) is 17.4 Å². The van der Waals surface area contributed by atoms with E-state index in [-0.39, 0.29) is 31.7 Å². The summed E-state index contributed by atoms with van der Waals surface area (Å²) >= 11 is 0. The normalized spacial score (nSPS) is 14.9. The number of phenolic OH excluding ortho intramolecular Hbond substituents is 1. The number of benzene rings is 2. The number of amides is 3. The summed E-state index contributed by atoms with van der Waals surface area (Å²) in [5, 5.41) is 12.0. The number of nitrogens with one attached hydrogen (secondary N) is 1. The van der Waals surface area contributed by atoms with Gasteiger partial charge in [0.1, 0.15) is 11.8 Å². The lowest BCUT2D eigenvalue weighted by molar-refractivity contribution is -0.274. The monoisotopic (exact) mass is 547 g/mol. The molecule has 38 heavy (non-hydrogen) atoms. The van der Waals surface area contributed by atoms with Crippen LogP contribution in [0.2, 0.25) is 0 Å². The van der Waals surface area contributed by atoms with Crippen molar-refractivity contribution < 1.29 is 50.6 Å². The molecule has 1 saturated heterocycles. The summed E-state index contributed by atoms with van der Waals surface area (Å²) in [6.45, 7) is 3.48. The van der Waals surface area contributed by atoms with Gasteiger partial charge < -0.3 is 25.0 Å². The molecule has 3 rings (SSSR count). The molecular weight excluding hydrogens is 524 g/mol. The number of alkyl halides is 3. The predicted molar refractivity (Wildman–Crippen MR) is 120 cm³/mol. The van der Waals surface area contributed by atoms with Gasteiger partial charge in [-0.05, 0) is 36.2 Å². The zero-order chi connectivity index (χ0) is 28.4. The molecule has 2 aromatic carbocycles. The zero-order valence-corrected chi connectivity index (χ0v) is 20.1. The number of hydrogen-bond donors (Lipinski definition) is 2. The second-order valence-electron chi connectivity index (χ2n) is 8.77. The minimum Gasteiger partial charge on any atom is -0.504 e. The fourth-order valence-electron chi connectivity index (χ4n) is 3.80. The molecule has 1 atom stereocenters. The van der Waals surface area contributed by atoms with Gasteiger partial charge >= 0.3 is 6.36 Å². The highest BCUT2D eigenvalue weighted by molar-refractivity contribution is 6.00. The molecule has 8 nitrogen and oxygen atoms in total. The predicted octanol–water partition coefficient (Wildman–Crippen LogP) is 3.45. The molecule has 0 bridgehead atoms. The Kier molecular flexibility index (Phi) is 8.42. The number of piperazine rings is 1. The van der Waals surface area contributed by atoms with Crippen LogP contribution in [0.15, 0.2) is 30.3 Å². The third-order valence-corrected chi connectivity index (χ3v) is 5.81. The Bertz CT molecular complexity index is 1210. The van der Waals surface area contributed by atoms with Gasteiger partial charge in [0.25, 0.3) is 11.8 Å². The maximum absolute atomic E-state index is 13.7. The van der Waals surface area contributed by atoms with Crippen molar-refractivity contribution in [2.75, 3.05) is 26.2 Å². The van der Waals surface area contributed by atoms with Crippen LogP contribution in [0.25, 0.3) is 0 Å². The van der Waals surface area contributed by atoms with E-state index in [2.05, 4.69) is 10.1 Å². The van der Waals surface area contributed by atoms with Gasteiger partial charge in [-0.15, -0.1) is 13.2 Å². The van der Waals surface area contributed by atoms with Crippen molar-refractivity contribution in [2.24, 2.45) is 5.92 Å². The van der Waals surface area contributed by atoms with Crippen LogP contribution in [0, 0.1) is 23.4 Å². The van der Waals surface area contributed by atoms with E-state index in [0.717, 1.165) is 12.1 Å². The number of hydrogen-bond acceptors (Lipinski definition) is 5. The van der Waals surface area contributed by atoms with Crippen molar-refractivity contribution in [1.82, 2.24) is 15.1 Å². The van der Waals surface area contributed by atoms with Crippen molar-refractivity contribution in [3.8, 4) is 11.5 Å². The standard InChI is InChI=1S/C24H23F6N3O5/c1-12(2)19(31-21(35)15-11-16(25)17(26)18(27)20(15)34)23(37)33-9-7-32(8-10-33)22(36)13-3-5-14(6-4-13)38-24(28,29)30/h3-6,11-12,19,34H,7-10H2,1-2H3,(H,31,35)/t19-/m0/s1. The van der Waals surface area contributed by atoms with Crippen LogP contribution < -0.4 is 10.1 Å². The SMILES string of the molecule is CC(C)[C@H](NC(=O)c1cc(F)c(F)c(F)c1O)C(=O)N1CCN(C(=O)c2ccc(OC(F)(F)F)cc2)CC1. The van der Waals surface area contributed by atoms with E-state index in [4.69, 9.17) is 0 Å². The molecule has 1 heterocycles. The molecule has 2 aromatic rings. The number of nitrogens with zero attached hydrogens (tertiary/aromatic N) is 2. The smallest absolute Gasteiger partial charge is 0.504 e. The summed E-state index contributed by atoms with van der Waals surface area (Å²) in [6, 6.07) is 3.52. The first-order chi connectivity index (χ1) is 17.7. The lowest BCUT2D eigenvalue weighted by Crippen LogP contribution is -2.57. The largest absolute Gasteiger partial charge is 0.573 e. The van der Waals surface area contributed by atoms with Gasteiger partial charge in [-0.1, -0.05) is 13.8 Å². The number of carbonyl (C=O) groups excluding carboxylic acids is 3. The van der Waals surface area contributed by atoms with Crippen LogP contribution in [0.3, 0.4) is 0 Å². The first-order valence-corrected chi connectivity index (χ1v) is 11.3. The van der Waals surface area contributed by atoms with Gasteiger partial charge in [0.05, 0.1) is 5.56 Å². The second kappa shape index (κ2) is 11.2. The molecule has 14 heteroatoms. The van der Waals surface area contributed by atoms with Crippen molar-refractivity contribution in [3.63, 3.8) is 0 Å². The van der Waals surface area contributed by atoms with E-state index in [1.807, 2.05) is 0 Å². The molecule has 0 aliphatic carbocycles. The Hall–Kier alpha value is -3.97. The molecule has 0 aromatic heterocycles. The van der Waals surface area contributed by atoms with Crippen LogP contribution in [0.4, 0.5) is 26.3 Å². The molecule has 206 valence electrons. The first-order valence-electron chi connectivity index (χ1n) is 11.3. The quantitative estimate of drug-likeness (QED) is 0.427. The molecule has 0 spiro atoms. The maximum Gasteiger partial charge on any atom is 0.573 e. The summed E-state index contributed by atoms with van der Waals surface area (Å²) in [5.74, 6) is -10.2. The van der Waals surface area contributed by atoms with Crippen LogP contribution in [-0.2, 0) is 4.79 Å². The van der Waals surface area contributed by atoms with Crippen molar-refractivity contribution in [2.45, 2.75) is 26.3 Å². The third-order valence-electron chi connectivity index (χ3n) is 5.81. The Labute approximate surface area is 212 Å². The molecule has 0 unspecified atom stereocenters. The van der Waals surface area contributed by atoms with E-state index in [0.29, 0.717) is 6.07 Å². The molecule has 1 fully saturated rings. The van der Waals surface area contributed by atoms with Gasteiger partial charge in [-0.25, -0.2) is 8.78 Å². The van der Waals surface area contributed by atoms with Gasteiger partial charge in [-0.3, -0.25) is 14.4 Å². The summed E-state index contributed by atoms with van der Waals surface area (Å²) in [5.41, 5.74) is -0.771. The zero-order valence-electron chi connectivity index (χ0n) is 20.1. The molecular formula is C24H23F6N3O5. The Balaban J connectivity index is 1.63. The number of aromatic hydroxyl groups is 1. The van der Waals surface area contributed by atoms with E-state index < -0.39 is 70.6 Å². The molecule has 1 aliphatic rings. The highest BCUT2D eigenvalue weighted by Crippen LogP contribution is 2.27. The summed E-state index contributed by atoms with van der Waals surface area (Å²) in [6.07, 6.45) is -4.87. The molecule has 2 N–H and O–H groups in total. The molecule has 0 saturated carbocycles. The number of ether oxygens (including phenoxy) is 1. The Morgan fingerprint density at radius 3 is 2.03 bits per heavy atom. The summed E-state index contributed by atoms with van der Waals surface area (Å²) in [7, 11) is 0. The van der Waals surface area contributed by atoms with Crippen LogP contribution in [-0.4, -0.2) is 71.2 Å². The van der Waals surface area contributed by atoms with E-state index in [9.17, 15) is 45.8 Å². The van der Waals surface area contributed by atoms with Crippen LogP contribution in [0.5, 0.6) is 11.5 Å². The number of rotatable bonds is 6. The van der Waals surface area contributed by atoms with Crippen molar-refractivity contribution >= 4 is 17.7 Å².